The minimum Gasteiger partial charge on any atom is -0.271 e. The normalized spacial score (nSPS) is 12.4. The molecule has 0 amide bonds. The first-order valence-electron chi connectivity index (χ1n) is 4.79. The van der Waals surface area contributed by atoms with E-state index >= 15 is 0 Å². The monoisotopic (exact) mass is 234 g/mol. The van der Waals surface area contributed by atoms with Gasteiger partial charge in [-0.15, -0.1) is 0 Å². The van der Waals surface area contributed by atoms with Crippen LogP contribution in [0.3, 0.4) is 0 Å². The molecule has 1 aromatic heterocycles. The van der Waals surface area contributed by atoms with Crippen molar-refractivity contribution in [2.45, 2.75) is 6.04 Å². The van der Waals surface area contributed by atoms with Crippen LogP contribution in [-0.4, -0.2) is 9.97 Å². The molecule has 0 aliphatic rings. The largest absolute Gasteiger partial charge is 0.271 e. The Bertz CT molecular complexity index is 461. The molecule has 0 aliphatic carbocycles. The predicted molar refractivity (Wildman–Crippen MR) is 62.7 cm³/mol. The highest BCUT2D eigenvalue weighted by Crippen LogP contribution is 2.25. The topological polar surface area (TPSA) is 63.8 Å². The third-order valence-electron chi connectivity index (χ3n) is 2.28. The van der Waals surface area contributed by atoms with Gasteiger partial charge in [0.25, 0.3) is 0 Å². The molecule has 3 N–H and O–H groups in total. The summed E-state index contributed by atoms with van der Waals surface area (Å²) in [5, 5.41) is 0.657. The van der Waals surface area contributed by atoms with Gasteiger partial charge >= 0.3 is 0 Å². The van der Waals surface area contributed by atoms with Crippen molar-refractivity contribution in [3.05, 3.63) is 59.1 Å². The van der Waals surface area contributed by atoms with Crippen molar-refractivity contribution in [2.24, 2.45) is 5.84 Å². The van der Waals surface area contributed by atoms with Crippen molar-refractivity contribution in [3.63, 3.8) is 0 Å². The number of aromatic nitrogens is 2. The van der Waals surface area contributed by atoms with Crippen LogP contribution in [0.25, 0.3) is 0 Å². The van der Waals surface area contributed by atoms with Crippen LogP contribution in [0.1, 0.15) is 17.3 Å². The lowest BCUT2D eigenvalue weighted by Crippen LogP contribution is -2.29. The summed E-state index contributed by atoms with van der Waals surface area (Å²) in [6.45, 7) is 0. The van der Waals surface area contributed by atoms with Gasteiger partial charge < -0.3 is 0 Å². The second kappa shape index (κ2) is 5.03. The third kappa shape index (κ3) is 2.19. The molecule has 1 aromatic carbocycles. The molecule has 0 bridgehead atoms. The van der Waals surface area contributed by atoms with Gasteiger partial charge in [0.05, 0.1) is 11.7 Å². The molecule has 16 heavy (non-hydrogen) atoms. The maximum absolute atomic E-state index is 6.11. The summed E-state index contributed by atoms with van der Waals surface area (Å²) in [6, 6.07) is 9.09. The van der Waals surface area contributed by atoms with Gasteiger partial charge in [-0.2, -0.15) is 0 Å². The number of nitrogens with one attached hydrogen (secondary N) is 1. The van der Waals surface area contributed by atoms with E-state index in [0.717, 1.165) is 11.3 Å². The number of hydrogen-bond acceptors (Lipinski definition) is 4. The summed E-state index contributed by atoms with van der Waals surface area (Å²) in [7, 11) is 0. The molecule has 2 aromatic rings. The lowest BCUT2D eigenvalue weighted by molar-refractivity contribution is 0.619. The molecular formula is C11H11ClN4. The summed E-state index contributed by atoms with van der Waals surface area (Å²) in [6.07, 6.45) is 3.15. The zero-order chi connectivity index (χ0) is 11.4. The SMILES string of the molecule is NNC(c1ccncn1)c1ccccc1Cl. The Kier molecular flexibility index (Phi) is 3.46. The minimum atomic E-state index is -0.225. The Morgan fingerprint density at radius 1 is 1.25 bits per heavy atom. The maximum Gasteiger partial charge on any atom is 0.115 e. The smallest absolute Gasteiger partial charge is 0.115 e. The van der Waals surface area contributed by atoms with Gasteiger partial charge in [0.15, 0.2) is 0 Å². The molecule has 0 saturated heterocycles. The van der Waals surface area contributed by atoms with Gasteiger partial charge in [-0.3, -0.25) is 5.84 Å². The number of benzene rings is 1. The van der Waals surface area contributed by atoms with E-state index in [1.807, 2.05) is 24.3 Å². The van der Waals surface area contributed by atoms with Crippen molar-refractivity contribution in [1.29, 1.82) is 0 Å². The lowest BCUT2D eigenvalue weighted by atomic mass is 10.0. The molecule has 0 aliphatic heterocycles. The summed E-state index contributed by atoms with van der Waals surface area (Å²) >= 11 is 6.11. The number of hydrazine groups is 1. The molecule has 0 spiro atoms. The zero-order valence-corrected chi connectivity index (χ0v) is 9.22. The molecule has 5 heteroatoms. The Hall–Kier alpha value is -1.49. The van der Waals surface area contributed by atoms with Crippen LogP contribution >= 0.6 is 11.6 Å². The van der Waals surface area contributed by atoms with Crippen LogP contribution in [-0.2, 0) is 0 Å². The Balaban J connectivity index is 2.41. The van der Waals surface area contributed by atoms with E-state index in [2.05, 4.69) is 15.4 Å². The number of rotatable bonds is 3. The van der Waals surface area contributed by atoms with E-state index in [1.54, 1.807) is 12.3 Å². The lowest BCUT2D eigenvalue weighted by Gasteiger charge is -2.16. The van der Waals surface area contributed by atoms with Crippen molar-refractivity contribution in [2.75, 3.05) is 0 Å². The third-order valence-corrected chi connectivity index (χ3v) is 2.63. The van der Waals surface area contributed by atoms with Gasteiger partial charge in [-0.1, -0.05) is 29.8 Å². The van der Waals surface area contributed by atoms with Gasteiger partial charge in [0.1, 0.15) is 6.33 Å². The number of halogens is 1. The highest BCUT2D eigenvalue weighted by Gasteiger charge is 2.15. The molecule has 2 rings (SSSR count). The first kappa shape index (κ1) is 11.0. The predicted octanol–water partition coefficient (Wildman–Crippen LogP) is 1.68. The van der Waals surface area contributed by atoms with Crippen LogP contribution in [0, 0.1) is 0 Å². The summed E-state index contributed by atoms with van der Waals surface area (Å²) in [4.78, 5) is 8.02. The average molecular weight is 235 g/mol. The van der Waals surface area contributed by atoms with Crippen molar-refractivity contribution in [3.8, 4) is 0 Å². The number of nitrogens with zero attached hydrogens (tertiary/aromatic N) is 2. The highest BCUT2D eigenvalue weighted by atomic mass is 35.5. The van der Waals surface area contributed by atoms with Gasteiger partial charge in [0, 0.05) is 11.2 Å². The molecule has 0 saturated carbocycles. The fourth-order valence-corrected chi connectivity index (χ4v) is 1.76. The molecule has 0 radical (unpaired) electrons. The second-order valence-corrected chi connectivity index (χ2v) is 3.66. The molecule has 82 valence electrons. The number of hydrogen-bond donors (Lipinski definition) is 2. The standard InChI is InChI=1S/C11H11ClN4/c12-9-4-2-1-3-8(9)11(16-13)10-5-6-14-7-15-10/h1-7,11,16H,13H2. The summed E-state index contributed by atoms with van der Waals surface area (Å²) < 4.78 is 0. The van der Waals surface area contributed by atoms with Crippen molar-refractivity contribution < 1.29 is 0 Å². The second-order valence-electron chi connectivity index (χ2n) is 3.26. The van der Waals surface area contributed by atoms with E-state index < -0.39 is 0 Å². The first-order valence-corrected chi connectivity index (χ1v) is 5.17. The van der Waals surface area contributed by atoms with E-state index in [-0.39, 0.29) is 6.04 Å². The summed E-state index contributed by atoms with van der Waals surface area (Å²) in [5.41, 5.74) is 4.38. The fourth-order valence-electron chi connectivity index (χ4n) is 1.52. The highest BCUT2D eigenvalue weighted by molar-refractivity contribution is 6.31. The quantitative estimate of drug-likeness (QED) is 0.627. The Morgan fingerprint density at radius 2 is 2.06 bits per heavy atom. The van der Waals surface area contributed by atoms with E-state index in [9.17, 15) is 0 Å². The molecule has 1 heterocycles. The van der Waals surface area contributed by atoms with Crippen LogP contribution in [0.2, 0.25) is 5.02 Å². The van der Waals surface area contributed by atoms with E-state index in [0.29, 0.717) is 5.02 Å². The molecule has 0 fully saturated rings. The zero-order valence-electron chi connectivity index (χ0n) is 8.47. The van der Waals surface area contributed by atoms with Crippen LogP contribution in [0.5, 0.6) is 0 Å². The van der Waals surface area contributed by atoms with Gasteiger partial charge in [-0.25, -0.2) is 15.4 Å². The summed E-state index contributed by atoms with van der Waals surface area (Å²) in [5.74, 6) is 5.54. The molecule has 1 atom stereocenters. The molecular weight excluding hydrogens is 224 g/mol. The van der Waals surface area contributed by atoms with Crippen molar-refractivity contribution >= 4 is 11.6 Å². The Labute approximate surface area is 98.5 Å². The van der Waals surface area contributed by atoms with E-state index in [4.69, 9.17) is 17.4 Å². The van der Waals surface area contributed by atoms with Crippen LogP contribution in [0.15, 0.2) is 42.9 Å². The minimum absolute atomic E-state index is 0.225. The average Bonchev–Trinajstić information content (AvgIpc) is 2.34. The molecule has 4 nitrogen and oxygen atoms in total. The van der Waals surface area contributed by atoms with E-state index in [1.165, 1.54) is 6.33 Å². The number of nitrogens with two attached hydrogens (primary N) is 1. The Morgan fingerprint density at radius 3 is 2.69 bits per heavy atom. The van der Waals surface area contributed by atoms with Crippen LogP contribution in [0.4, 0.5) is 0 Å². The first-order chi connectivity index (χ1) is 7.83. The maximum atomic E-state index is 6.11. The van der Waals surface area contributed by atoms with Crippen molar-refractivity contribution in [1.82, 2.24) is 15.4 Å². The van der Waals surface area contributed by atoms with Gasteiger partial charge in [0.2, 0.25) is 0 Å². The van der Waals surface area contributed by atoms with Crippen LogP contribution < -0.4 is 11.3 Å². The fraction of sp³-hybridized carbons (Fsp3) is 0.0909. The molecule has 1 unspecified atom stereocenters. The van der Waals surface area contributed by atoms with Gasteiger partial charge in [-0.05, 0) is 17.7 Å².